The van der Waals surface area contributed by atoms with E-state index in [1.807, 2.05) is 6.07 Å². The Labute approximate surface area is 112 Å². The first-order valence-electron chi connectivity index (χ1n) is 4.97. The van der Waals surface area contributed by atoms with Gasteiger partial charge in [-0.3, -0.25) is 4.79 Å². The minimum absolute atomic E-state index is 0.0439. The van der Waals surface area contributed by atoms with Crippen molar-refractivity contribution in [1.82, 2.24) is 10.3 Å². The largest absolute Gasteiger partial charge is 0.315 e. The summed E-state index contributed by atoms with van der Waals surface area (Å²) in [6, 6.07) is 5.42. The lowest BCUT2D eigenvalue weighted by Crippen LogP contribution is -2.14. The zero-order chi connectivity index (χ0) is 12.3. The highest BCUT2D eigenvalue weighted by Gasteiger charge is 2.04. The number of thiazole rings is 1. The molecule has 0 bridgehead atoms. The first kappa shape index (κ1) is 12.6. The molecule has 6 heteroatoms. The molecule has 0 aliphatic heterocycles. The number of aromatic amines is 1. The summed E-state index contributed by atoms with van der Waals surface area (Å²) in [5, 5.41) is 6.26. The van der Waals surface area contributed by atoms with Crippen molar-refractivity contribution in [2.75, 3.05) is 0 Å². The highest BCUT2D eigenvalue weighted by atomic mass is 35.5. The van der Waals surface area contributed by atoms with Gasteiger partial charge in [0.05, 0.1) is 0 Å². The van der Waals surface area contributed by atoms with Crippen LogP contribution in [0.3, 0.4) is 0 Å². The van der Waals surface area contributed by atoms with Crippen molar-refractivity contribution in [2.24, 2.45) is 0 Å². The van der Waals surface area contributed by atoms with Crippen LogP contribution in [0.1, 0.15) is 11.3 Å². The lowest BCUT2D eigenvalue weighted by Gasteiger charge is -2.07. The molecule has 17 heavy (non-hydrogen) atoms. The Hall–Kier alpha value is -0.810. The molecule has 0 unspecified atom stereocenters. The molecule has 1 aromatic heterocycles. The van der Waals surface area contributed by atoms with Gasteiger partial charge >= 0.3 is 4.87 Å². The Bertz CT molecular complexity index is 544. The number of benzene rings is 1. The lowest BCUT2D eigenvalue weighted by atomic mass is 10.2. The van der Waals surface area contributed by atoms with Crippen molar-refractivity contribution in [3.05, 3.63) is 54.5 Å². The van der Waals surface area contributed by atoms with Crippen LogP contribution in [0.15, 0.2) is 28.4 Å². The topological polar surface area (TPSA) is 44.9 Å². The van der Waals surface area contributed by atoms with E-state index in [-0.39, 0.29) is 4.87 Å². The number of rotatable bonds is 4. The van der Waals surface area contributed by atoms with Crippen LogP contribution in [0.4, 0.5) is 0 Å². The van der Waals surface area contributed by atoms with E-state index in [4.69, 9.17) is 23.2 Å². The van der Waals surface area contributed by atoms with Gasteiger partial charge < -0.3 is 10.3 Å². The normalized spacial score (nSPS) is 10.7. The molecule has 2 aromatic rings. The van der Waals surface area contributed by atoms with Gasteiger partial charge in [-0.05, 0) is 12.1 Å². The van der Waals surface area contributed by atoms with Crippen LogP contribution in [0, 0.1) is 0 Å². The van der Waals surface area contributed by atoms with Gasteiger partial charge in [-0.1, -0.05) is 40.6 Å². The number of nitrogens with one attached hydrogen (secondary N) is 2. The van der Waals surface area contributed by atoms with Gasteiger partial charge in [-0.25, -0.2) is 0 Å². The maximum atomic E-state index is 10.9. The molecule has 3 nitrogen and oxygen atoms in total. The second-order valence-electron chi connectivity index (χ2n) is 3.48. The fourth-order valence-electron chi connectivity index (χ4n) is 1.42. The van der Waals surface area contributed by atoms with Crippen LogP contribution in [-0.4, -0.2) is 4.98 Å². The van der Waals surface area contributed by atoms with Gasteiger partial charge in [0.2, 0.25) is 0 Å². The Kier molecular flexibility index (Phi) is 4.23. The smallest absolute Gasteiger partial charge is 0.304 e. The fraction of sp³-hybridized carbons (Fsp3) is 0.182. The third-order valence-electron chi connectivity index (χ3n) is 2.25. The molecular weight excluding hydrogens is 279 g/mol. The van der Waals surface area contributed by atoms with Crippen LogP contribution in [0.25, 0.3) is 0 Å². The molecule has 0 saturated carbocycles. The molecular formula is C11H10Cl2N2OS. The summed E-state index contributed by atoms with van der Waals surface area (Å²) in [6.45, 7) is 1.15. The SMILES string of the molecule is O=c1[nH]c(CNCc2c(Cl)cccc2Cl)cs1. The van der Waals surface area contributed by atoms with Gasteiger partial charge in [-0.15, -0.1) is 0 Å². The zero-order valence-corrected chi connectivity index (χ0v) is 11.1. The Balaban J connectivity index is 1.96. The van der Waals surface area contributed by atoms with E-state index in [0.29, 0.717) is 23.1 Å². The molecule has 0 spiro atoms. The summed E-state index contributed by atoms with van der Waals surface area (Å²) >= 11 is 13.2. The number of halogens is 2. The third-order valence-corrected chi connectivity index (χ3v) is 3.68. The monoisotopic (exact) mass is 288 g/mol. The molecule has 0 fully saturated rings. The Morgan fingerprint density at radius 2 is 1.94 bits per heavy atom. The molecule has 0 atom stereocenters. The highest BCUT2D eigenvalue weighted by molar-refractivity contribution is 7.07. The summed E-state index contributed by atoms with van der Waals surface area (Å²) in [5.41, 5.74) is 1.73. The third kappa shape index (κ3) is 3.33. The average molecular weight is 289 g/mol. The van der Waals surface area contributed by atoms with E-state index < -0.39 is 0 Å². The maximum Gasteiger partial charge on any atom is 0.304 e. The van der Waals surface area contributed by atoms with Crippen LogP contribution in [0.5, 0.6) is 0 Å². The summed E-state index contributed by atoms with van der Waals surface area (Å²) in [5.74, 6) is 0. The average Bonchev–Trinajstić information content (AvgIpc) is 2.69. The molecule has 1 aromatic carbocycles. The predicted molar refractivity (Wildman–Crippen MR) is 71.9 cm³/mol. The van der Waals surface area contributed by atoms with Crippen LogP contribution < -0.4 is 10.2 Å². The van der Waals surface area contributed by atoms with Crippen molar-refractivity contribution in [1.29, 1.82) is 0 Å². The predicted octanol–water partition coefficient (Wildman–Crippen LogP) is 3.03. The lowest BCUT2D eigenvalue weighted by molar-refractivity contribution is 0.682. The first-order valence-corrected chi connectivity index (χ1v) is 6.60. The van der Waals surface area contributed by atoms with E-state index in [0.717, 1.165) is 22.6 Å². The zero-order valence-electron chi connectivity index (χ0n) is 8.80. The fourth-order valence-corrected chi connectivity index (χ4v) is 2.54. The van der Waals surface area contributed by atoms with Gasteiger partial charge in [-0.2, -0.15) is 0 Å². The maximum absolute atomic E-state index is 10.9. The number of aromatic nitrogens is 1. The summed E-state index contributed by atoms with van der Waals surface area (Å²) in [6.07, 6.45) is 0. The van der Waals surface area contributed by atoms with Crippen molar-refractivity contribution in [3.63, 3.8) is 0 Å². The molecule has 2 N–H and O–H groups in total. The molecule has 1 heterocycles. The van der Waals surface area contributed by atoms with Crippen molar-refractivity contribution >= 4 is 34.5 Å². The standard InChI is InChI=1S/C11H10Cl2N2OS/c12-9-2-1-3-10(13)8(9)5-14-4-7-6-17-11(16)15-7/h1-3,6,14H,4-5H2,(H,15,16). The molecule has 2 rings (SSSR count). The van der Waals surface area contributed by atoms with Crippen molar-refractivity contribution in [2.45, 2.75) is 13.1 Å². The van der Waals surface area contributed by atoms with Gasteiger partial charge in [0, 0.05) is 39.8 Å². The van der Waals surface area contributed by atoms with Crippen LogP contribution >= 0.6 is 34.5 Å². The second-order valence-corrected chi connectivity index (χ2v) is 5.13. The summed E-state index contributed by atoms with van der Waals surface area (Å²) in [4.78, 5) is 13.6. The minimum Gasteiger partial charge on any atom is -0.315 e. The number of hydrogen-bond donors (Lipinski definition) is 2. The number of H-pyrrole nitrogens is 1. The molecule has 0 amide bonds. The summed E-state index contributed by atoms with van der Waals surface area (Å²) in [7, 11) is 0. The molecule has 0 aliphatic carbocycles. The molecule has 90 valence electrons. The molecule has 0 aliphatic rings. The first-order chi connectivity index (χ1) is 8.16. The molecule has 0 saturated heterocycles. The minimum atomic E-state index is -0.0439. The van der Waals surface area contributed by atoms with Gasteiger partial charge in [0.1, 0.15) is 0 Å². The van der Waals surface area contributed by atoms with E-state index in [2.05, 4.69) is 10.3 Å². The van der Waals surface area contributed by atoms with Gasteiger partial charge in [0.15, 0.2) is 0 Å². The van der Waals surface area contributed by atoms with Crippen molar-refractivity contribution < 1.29 is 0 Å². The number of hydrogen-bond acceptors (Lipinski definition) is 3. The Morgan fingerprint density at radius 1 is 1.24 bits per heavy atom. The van der Waals surface area contributed by atoms with Crippen molar-refractivity contribution in [3.8, 4) is 0 Å². The summed E-state index contributed by atoms with van der Waals surface area (Å²) < 4.78 is 0. The van der Waals surface area contributed by atoms with E-state index in [9.17, 15) is 4.79 Å². The second kappa shape index (κ2) is 5.69. The van der Waals surface area contributed by atoms with E-state index >= 15 is 0 Å². The van der Waals surface area contributed by atoms with E-state index in [1.54, 1.807) is 17.5 Å². The van der Waals surface area contributed by atoms with Crippen LogP contribution in [0.2, 0.25) is 10.0 Å². The van der Waals surface area contributed by atoms with Crippen LogP contribution in [-0.2, 0) is 13.1 Å². The highest BCUT2D eigenvalue weighted by Crippen LogP contribution is 2.23. The molecule has 0 radical (unpaired) electrons. The quantitative estimate of drug-likeness (QED) is 0.908. The van der Waals surface area contributed by atoms with E-state index in [1.165, 1.54) is 0 Å². The van der Waals surface area contributed by atoms with Gasteiger partial charge in [0.25, 0.3) is 0 Å². The Morgan fingerprint density at radius 3 is 2.53 bits per heavy atom.